The van der Waals surface area contributed by atoms with Crippen LogP contribution in [-0.4, -0.2) is 0 Å². The van der Waals surface area contributed by atoms with Gasteiger partial charge in [-0.15, -0.1) is 0 Å². The minimum Gasteiger partial charge on any atom is -0.310 e. The first-order chi connectivity index (χ1) is 33.3. The van der Waals surface area contributed by atoms with Crippen molar-refractivity contribution in [2.75, 3.05) is 9.80 Å². The molecule has 10 aromatic carbocycles. The van der Waals surface area contributed by atoms with E-state index in [1.807, 2.05) is 0 Å². The summed E-state index contributed by atoms with van der Waals surface area (Å²) in [5, 5.41) is 4.96. The van der Waals surface area contributed by atoms with E-state index in [-0.39, 0.29) is 16.2 Å². The first kappa shape index (κ1) is 41.5. The Balaban J connectivity index is 1.15. The Hall–Kier alpha value is -7.68. The first-order valence-corrected chi connectivity index (χ1v) is 24.7. The SMILES string of the molecule is Cc1ccc(-c2c3ccc(N4c5ccccc5C(C)(C)c5ccccc54)cc3c(-c3ccc4c(c3)C(C)(C)c3ccccc3-4)c3ccc(N4c5ccccc5C(C)(C)c5ccccc54)cc23)cc1C. The fourth-order valence-electron chi connectivity index (χ4n) is 12.8. The summed E-state index contributed by atoms with van der Waals surface area (Å²) in [6.45, 7) is 18.7. The van der Waals surface area contributed by atoms with Gasteiger partial charge >= 0.3 is 0 Å². The average molecular weight is 889 g/mol. The van der Waals surface area contributed by atoms with E-state index in [1.54, 1.807) is 0 Å². The van der Waals surface area contributed by atoms with Crippen molar-refractivity contribution in [2.45, 2.75) is 71.6 Å². The van der Waals surface area contributed by atoms with Crippen LogP contribution in [0.5, 0.6) is 0 Å². The second-order valence-corrected chi connectivity index (χ2v) is 21.4. The van der Waals surface area contributed by atoms with Gasteiger partial charge < -0.3 is 9.80 Å². The van der Waals surface area contributed by atoms with Crippen LogP contribution >= 0.6 is 0 Å². The molecular weight excluding hydrogens is 833 g/mol. The van der Waals surface area contributed by atoms with E-state index in [9.17, 15) is 0 Å². The predicted molar refractivity (Wildman–Crippen MR) is 293 cm³/mol. The van der Waals surface area contributed by atoms with Crippen LogP contribution < -0.4 is 9.80 Å². The monoisotopic (exact) mass is 888 g/mol. The predicted octanol–water partition coefficient (Wildman–Crippen LogP) is 18.5. The van der Waals surface area contributed by atoms with Crippen molar-refractivity contribution < 1.29 is 0 Å². The number of anilines is 6. The lowest BCUT2D eigenvalue weighted by atomic mass is 9.73. The number of hydrogen-bond acceptors (Lipinski definition) is 2. The molecule has 0 radical (unpaired) electrons. The van der Waals surface area contributed by atoms with E-state index in [2.05, 4.69) is 259 Å². The number of rotatable bonds is 4. The van der Waals surface area contributed by atoms with Crippen molar-refractivity contribution in [3.05, 3.63) is 239 Å². The number of hydrogen-bond donors (Lipinski definition) is 0. The molecule has 334 valence electrons. The van der Waals surface area contributed by atoms with Crippen molar-refractivity contribution in [3.8, 4) is 33.4 Å². The van der Waals surface area contributed by atoms with Gasteiger partial charge in [-0.2, -0.15) is 0 Å². The van der Waals surface area contributed by atoms with Crippen LogP contribution in [0.3, 0.4) is 0 Å². The summed E-state index contributed by atoms with van der Waals surface area (Å²) in [5.74, 6) is 0. The summed E-state index contributed by atoms with van der Waals surface area (Å²) in [7, 11) is 0. The molecule has 0 spiro atoms. The quantitative estimate of drug-likeness (QED) is 0.162. The summed E-state index contributed by atoms with van der Waals surface area (Å²) in [5.41, 5.74) is 25.1. The third-order valence-electron chi connectivity index (χ3n) is 16.5. The van der Waals surface area contributed by atoms with Crippen LogP contribution in [0.2, 0.25) is 0 Å². The molecule has 2 heterocycles. The van der Waals surface area contributed by atoms with E-state index < -0.39 is 0 Å². The second-order valence-electron chi connectivity index (χ2n) is 21.4. The van der Waals surface area contributed by atoms with Gasteiger partial charge in [0.1, 0.15) is 0 Å². The zero-order chi connectivity index (χ0) is 47.1. The van der Waals surface area contributed by atoms with Crippen molar-refractivity contribution >= 4 is 55.7 Å². The van der Waals surface area contributed by atoms with Crippen LogP contribution in [0.15, 0.2) is 194 Å². The Morgan fingerprint density at radius 3 is 1.13 bits per heavy atom. The van der Waals surface area contributed by atoms with Crippen molar-refractivity contribution in [1.29, 1.82) is 0 Å². The fraction of sp³-hybridized carbons (Fsp3) is 0.164. The molecule has 0 amide bonds. The lowest BCUT2D eigenvalue weighted by molar-refractivity contribution is 0.632. The fourth-order valence-corrected chi connectivity index (χ4v) is 12.8. The van der Waals surface area contributed by atoms with Crippen LogP contribution in [0, 0.1) is 13.8 Å². The van der Waals surface area contributed by atoms with Gasteiger partial charge in [0.25, 0.3) is 0 Å². The molecule has 69 heavy (non-hydrogen) atoms. The maximum atomic E-state index is 2.52. The van der Waals surface area contributed by atoms with E-state index >= 15 is 0 Å². The molecule has 0 aromatic heterocycles. The van der Waals surface area contributed by atoms with Gasteiger partial charge in [-0.3, -0.25) is 0 Å². The molecule has 10 aromatic rings. The summed E-state index contributed by atoms with van der Waals surface area (Å²) < 4.78 is 0. The molecule has 3 aliphatic rings. The Labute approximate surface area is 407 Å². The van der Waals surface area contributed by atoms with Crippen molar-refractivity contribution in [1.82, 2.24) is 0 Å². The molecule has 13 rings (SSSR count). The average Bonchev–Trinajstić information content (AvgIpc) is 3.59. The molecule has 0 atom stereocenters. The molecule has 1 aliphatic carbocycles. The zero-order valence-corrected chi connectivity index (χ0v) is 40.9. The molecule has 0 saturated carbocycles. The molecular formula is C67H56N2. The number of benzene rings is 10. The molecule has 0 saturated heterocycles. The highest BCUT2D eigenvalue weighted by atomic mass is 15.2. The smallest absolute Gasteiger partial charge is 0.0502 e. The number of fused-ring (bicyclic) bond motifs is 9. The van der Waals surface area contributed by atoms with Crippen LogP contribution in [0.25, 0.3) is 54.9 Å². The van der Waals surface area contributed by atoms with Gasteiger partial charge in [-0.25, -0.2) is 0 Å². The first-order valence-electron chi connectivity index (χ1n) is 24.7. The summed E-state index contributed by atoms with van der Waals surface area (Å²) in [6, 6.07) is 74.0. The van der Waals surface area contributed by atoms with Crippen molar-refractivity contribution in [3.63, 3.8) is 0 Å². The van der Waals surface area contributed by atoms with Crippen LogP contribution in [0.1, 0.15) is 86.1 Å². The summed E-state index contributed by atoms with van der Waals surface area (Å²) >= 11 is 0. The maximum Gasteiger partial charge on any atom is 0.0502 e. The van der Waals surface area contributed by atoms with E-state index in [0.717, 1.165) is 11.4 Å². The van der Waals surface area contributed by atoms with E-state index in [4.69, 9.17) is 0 Å². The van der Waals surface area contributed by atoms with Gasteiger partial charge in [-0.05, 0) is 168 Å². The lowest BCUT2D eigenvalue weighted by Crippen LogP contribution is -2.30. The normalized spacial score (nSPS) is 15.5. The largest absolute Gasteiger partial charge is 0.310 e. The Morgan fingerprint density at radius 1 is 0.290 bits per heavy atom. The molecule has 0 fully saturated rings. The second kappa shape index (κ2) is 14.7. The highest BCUT2D eigenvalue weighted by molar-refractivity contribution is 6.23. The van der Waals surface area contributed by atoms with Gasteiger partial charge in [-0.1, -0.05) is 181 Å². The van der Waals surface area contributed by atoms with Crippen molar-refractivity contribution in [2.24, 2.45) is 0 Å². The Kier molecular flexibility index (Phi) is 8.82. The number of nitrogens with zero attached hydrogens (tertiary/aromatic N) is 2. The minimum atomic E-state index is -0.157. The standard InChI is InChI=1S/C67H56N2/c1-41-29-30-43(37-42(41)2)63-49-35-32-46(69-61-27-17-13-23-56(61)67(7,8)57-24-14-18-28-62(57)69)40-52(49)64(44-31-34-48-47-19-9-10-20-53(47)65(3,4)58(48)38-44)50-36-33-45(39-51(50)63)68-59-25-15-11-21-54(59)66(5,6)55-22-12-16-26-60(55)68/h9-40H,1-8H3. The molecule has 0 bridgehead atoms. The number of aryl methyl sites for hydroxylation is 2. The molecule has 0 N–H and O–H groups in total. The third-order valence-corrected chi connectivity index (χ3v) is 16.5. The number of para-hydroxylation sites is 4. The third kappa shape index (κ3) is 5.85. The van der Waals surface area contributed by atoms with Gasteiger partial charge in [0.05, 0.1) is 22.7 Å². The Bertz CT molecular complexity index is 3710. The zero-order valence-electron chi connectivity index (χ0n) is 40.9. The minimum absolute atomic E-state index is 0.151. The molecule has 2 heteroatoms. The van der Waals surface area contributed by atoms with Crippen LogP contribution in [0.4, 0.5) is 34.1 Å². The Morgan fingerprint density at radius 2 is 0.667 bits per heavy atom. The van der Waals surface area contributed by atoms with E-state index in [0.29, 0.717) is 0 Å². The van der Waals surface area contributed by atoms with Crippen LogP contribution in [-0.2, 0) is 16.2 Å². The van der Waals surface area contributed by atoms with E-state index in [1.165, 1.54) is 122 Å². The van der Waals surface area contributed by atoms with Gasteiger partial charge in [0.2, 0.25) is 0 Å². The topological polar surface area (TPSA) is 6.48 Å². The van der Waals surface area contributed by atoms with Gasteiger partial charge in [0.15, 0.2) is 0 Å². The molecule has 2 nitrogen and oxygen atoms in total. The lowest BCUT2D eigenvalue weighted by Gasteiger charge is -2.42. The molecule has 2 aliphatic heterocycles. The summed E-state index contributed by atoms with van der Waals surface area (Å²) in [4.78, 5) is 5.02. The summed E-state index contributed by atoms with van der Waals surface area (Å²) in [6.07, 6.45) is 0. The highest BCUT2D eigenvalue weighted by Crippen LogP contribution is 2.57. The highest BCUT2D eigenvalue weighted by Gasteiger charge is 2.39. The van der Waals surface area contributed by atoms with Gasteiger partial charge in [0, 0.05) is 27.6 Å². The molecule has 0 unspecified atom stereocenters. The maximum absolute atomic E-state index is 2.52.